The Labute approximate surface area is 172 Å². The first kappa shape index (κ1) is 18.8. The molecular formula is C20H22BrN3O2S. The summed E-state index contributed by atoms with van der Waals surface area (Å²) in [6, 6.07) is 14.5. The summed E-state index contributed by atoms with van der Waals surface area (Å²) in [5, 5.41) is 3.06. The molecule has 2 aromatic rings. The van der Waals surface area contributed by atoms with Gasteiger partial charge in [-0.25, -0.2) is 0 Å². The monoisotopic (exact) mass is 447 g/mol. The van der Waals surface area contributed by atoms with Gasteiger partial charge in [0.2, 0.25) is 5.91 Å². The first-order chi connectivity index (χ1) is 13.2. The Hall–Kier alpha value is -1.54. The standard InChI is InChI=1S/C20H22BrN3O2S/c21-15-5-6-18-17(13-15)16-3-1-2-4-19(16)27-24(18)14-20(25)22-7-8-23-9-11-26-12-10-23/h1-6,13H,7-12,14H2,(H,22,25). The third-order valence-corrected chi connectivity index (χ3v) is 6.35. The van der Waals surface area contributed by atoms with Crippen LogP contribution in [0.25, 0.3) is 11.1 Å². The number of benzene rings is 2. The van der Waals surface area contributed by atoms with E-state index in [2.05, 4.69) is 60.8 Å². The van der Waals surface area contributed by atoms with Gasteiger partial charge in [0.25, 0.3) is 0 Å². The Kier molecular flexibility index (Phi) is 6.02. The maximum atomic E-state index is 12.5. The Bertz CT molecular complexity index is 827. The lowest BCUT2D eigenvalue weighted by Crippen LogP contribution is -2.43. The number of morpholine rings is 1. The molecule has 1 N–H and O–H groups in total. The number of hydrogen-bond acceptors (Lipinski definition) is 5. The van der Waals surface area contributed by atoms with Crippen LogP contribution in [-0.4, -0.2) is 56.7 Å². The van der Waals surface area contributed by atoms with E-state index in [1.54, 1.807) is 11.9 Å². The lowest BCUT2D eigenvalue weighted by Gasteiger charge is -2.31. The highest BCUT2D eigenvalue weighted by Crippen LogP contribution is 2.46. The van der Waals surface area contributed by atoms with E-state index in [0.717, 1.165) is 48.6 Å². The van der Waals surface area contributed by atoms with Gasteiger partial charge >= 0.3 is 0 Å². The molecule has 0 aliphatic carbocycles. The maximum absolute atomic E-state index is 12.5. The molecule has 142 valence electrons. The van der Waals surface area contributed by atoms with Crippen molar-refractivity contribution >= 4 is 39.5 Å². The van der Waals surface area contributed by atoms with E-state index in [9.17, 15) is 4.79 Å². The van der Waals surface area contributed by atoms with Gasteiger partial charge in [0.1, 0.15) is 6.54 Å². The van der Waals surface area contributed by atoms with Crippen molar-refractivity contribution in [3.8, 4) is 11.1 Å². The number of carbonyl (C=O) groups is 1. The van der Waals surface area contributed by atoms with Crippen LogP contribution in [0.15, 0.2) is 51.8 Å². The van der Waals surface area contributed by atoms with Gasteiger partial charge < -0.3 is 14.4 Å². The van der Waals surface area contributed by atoms with Crippen molar-refractivity contribution in [1.82, 2.24) is 10.2 Å². The third kappa shape index (κ3) is 4.48. The van der Waals surface area contributed by atoms with E-state index < -0.39 is 0 Å². The molecule has 0 aromatic heterocycles. The van der Waals surface area contributed by atoms with Crippen molar-refractivity contribution in [2.75, 3.05) is 50.2 Å². The second kappa shape index (κ2) is 8.65. The molecule has 0 bridgehead atoms. The number of hydrogen-bond donors (Lipinski definition) is 1. The molecule has 0 unspecified atom stereocenters. The van der Waals surface area contributed by atoms with E-state index in [1.807, 2.05) is 12.1 Å². The minimum absolute atomic E-state index is 0.0454. The molecule has 0 atom stereocenters. The number of rotatable bonds is 5. The van der Waals surface area contributed by atoms with Crippen LogP contribution in [0.1, 0.15) is 0 Å². The van der Waals surface area contributed by atoms with Crippen LogP contribution in [0, 0.1) is 0 Å². The molecule has 2 aromatic carbocycles. The zero-order valence-electron chi connectivity index (χ0n) is 15.0. The van der Waals surface area contributed by atoms with Gasteiger partial charge in [-0.3, -0.25) is 9.69 Å². The molecule has 0 spiro atoms. The fourth-order valence-electron chi connectivity index (χ4n) is 3.36. The molecule has 2 aliphatic heterocycles. The Balaban J connectivity index is 1.41. The smallest absolute Gasteiger partial charge is 0.240 e. The van der Waals surface area contributed by atoms with Crippen LogP contribution in [0.2, 0.25) is 0 Å². The predicted molar refractivity (Wildman–Crippen MR) is 113 cm³/mol. The van der Waals surface area contributed by atoms with Crippen LogP contribution < -0.4 is 9.62 Å². The first-order valence-electron chi connectivity index (χ1n) is 9.12. The number of fused-ring (bicyclic) bond motifs is 3. The summed E-state index contributed by atoms with van der Waals surface area (Å²) in [5.41, 5.74) is 3.44. The van der Waals surface area contributed by atoms with Gasteiger partial charge in [-0.15, -0.1) is 0 Å². The fraction of sp³-hybridized carbons (Fsp3) is 0.350. The zero-order valence-corrected chi connectivity index (χ0v) is 17.4. The van der Waals surface area contributed by atoms with Gasteiger partial charge in [0, 0.05) is 41.1 Å². The largest absolute Gasteiger partial charge is 0.379 e. The lowest BCUT2D eigenvalue weighted by atomic mass is 10.0. The van der Waals surface area contributed by atoms with Gasteiger partial charge in [-0.1, -0.05) is 34.1 Å². The summed E-state index contributed by atoms with van der Waals surface area (Å²) in [6.45, 7) is 5.31. The minimum Gasteiger partial charge on any atom is -0.379 e. The van der Waals surface area contributed by atoms with Crippen molar-refractivity contribution in [3.63, 3.8) is 0 Å². The topological polar surface area (TPSA) is 44.8 Å². The van der Waals surface area contributed by atoms with Crippen molar-refractivity contribution in [2.45, 2.75) is 4.90 Å². The van der Waals surface area contributed by atoms with Crippen molar-refractivity contribution in [1.29, 1.82) is 0 Å². The third-order valence-electron chi connectivity index (χ3n) is 4.75. The Morgan fingerprint density at radius 2 is 1.96 bits per heavy atom. The number of anilines is 1. The lowest BCUT2D eigenvalue weighted by molar-refractivity contribution is -0.119. The molecular weight excluding hydrogens is 426 g/mol. The molecule has 1 fully saturated rings. The average molecular weight is 448 g/mol. The van der Waals surface area contributed by atoms with Crippen LogP contribution in [0.4, 0.5) is 5.69 Å². The summed E-state index contributed by atoms with van der Waals surface area (Å²) in [5.74, 6) is 0.0454. The van der Waals surface area contributed by atoms with E-state index in [0.29, 0.717) is 13.1 Å². The van der Waals surface area contributed by atoms with Crippen LogP contribution >= 0.6 is 27.9 Å². The highest BCUT2D eigenvalue weighted by atomic mass is 79.9. The number of nitrogens with zero attached hydrogens (tertiary/aromatic N) is 2. The SMILES string of the molecule is O=C(CN1Sc2ccccc2-c2cc(Br)ccc21)NCCN1CCOCC1. The average Bonchev–Trinajstić information content (AvgIpc) is 2.69. The molecule has 2 aliphatic rings. The van der Waals surface area contributed by atoms with E-state index in [4.69, 9.17) is 4.74 Å². The van der Waals surface area contributed by atoms with Crippen LogP contribution in [-0.2, 0) is 9.53 Å². The second-order valence-electron chi connectivity index (χ2n) is 6.59. The van der Waals surface area contributed by atoms with E-state index >= 15 is 0 Å². The Morgan fingerprint density at radius 1 is 1.15 bits per heavy atom. The number of nitrogens with one attached hydrogen (secondary N) is 1. The second-order valence-corrected chi connectivity index (χ2v) is 8.57. The number of amides is 1. The normalized spacial score (nSPS) is 16.6. The van der Waals surface area contributed by atoms with Crippen LogP contribution in [0.5, 0.6) is 0 Å². The molecule has 2 heterocycles. The molecule has 0 saturated carbocycles. The van der Waals surface area contributed by atoms with Crippen molar-refractivity contribution < 1.29 is 9.53 Å². The summed E-state index contributed by atoms with van der Waals surface area (Å²) < 4.78 is 8.47. The van der Waals surface area contributed by atoms with Crippen molar-refractivity contribution in [2.24, 2.45) is 0 Å². The number of ether oxygens (including phenoxy) is 1. The quantitative estimate of drug-likeness (QED) is 0.711. The van der Waals surface area contributed by atoms with Gasteiger partial charge in [-0.2, -0.15) is 0 Å². The molecule has 7 heteroatoms. The summed E-state index contributed by atoms with van der Waals surface area (Å²) in [4.78, 5) is 16.0. The minimum atomic E-state index is 0.0454. The number of carbonyl (C=O) groups excluding carboxylic acids is 1. The van der Waals surface area contributed by atoms with E-state index in [1.165, 1.54) is 10.5 Å². The molecule has 1 saturated heterocycles. The predicted octanol–water partition coefficient (Wildman–Crippen LogP) is 3.39. The summed E-state index contributed by atoms with van der Waals surface area (Å²) >= 11 is 5.19. The zero-order chi connectivity index (χ0) is 18.6. The Morgan fingerprint density at radius 3 is 2.81 bits per heavy atom. The molecule has 5 nitrogen and oxygen atoms in total. The van der Waals surface area contributed by atoms with Gasteiger partial charge in [0.15, 0.2) is 0 Å². The van der Waals surface area contributed by atoms with Crippen LogP contribution in [0.3, 0.4) is 0 Å². The highest BCUT2D eigenvalue weighted by molar-refractivity contribution is 9.10. The van der Waals surface area contributed by atoms with Gasteiger partial charge in [0.05, 0.1) is 18.9 Å². The summed E-state index contributed by atoms with van der Waals surface area (Å²) in [6.07, 6.45) is 0. The van der Waals surface area contributed by atoms with Gasteiger partial charge in [-0.05, 0) is 41.8 Å². The van der Waals surface area contributed by atoms with Crippen molar-refractivity contribution in [3.05, 3.63) is 46.9 Å². The molecule has 0 radical (unpaired) electrons. The molecule has 1 amide bonds. The first-order valence-corrected chi connectivity index (χ1v) is 10.7. The number of halogens is 1. The van der Waals surface area contributed by atoms with E-state index in [-0.39, 0.29) is 5.91 Å². The molecule has 4 rings (SSSR count). The summed E-state index contributed by atoms with van der Waals surface area (Å²) in [7, 11) is 0. The maximum Gasteiger partial charge on any atom is 0.240 e. The highest BCUT2D eigenvalue weighted by Gasteiger charge is 2.24. The molecule has 27 heavy (non-hydrogen) atoms. The fourth-order valence-corrected chi connectivity index (χ4v) is 4.81.